The highest BCUT2D eigenvalue weighted by Crippen LogP contribution is 2.40. The number of nitrogens with two attached hydrogens (primary N) is 1. The first-order chi connectivity index (χ1) is 8.63. The first kappa shape index (κ1) is 14.5. The molecule has 0 saturated carbocycles. The number of thioether (sulfide) groups is 2. The molecule has 1 saturated heterocycles. The Bertz CT molecular complexity index is 419. The molecule has 3 N–H and O–H groups in total. The van der Waals surface area contributed by atoms with Gasteiger partial charge in [0.2, 0.25) is 0 Å². The van der Waals surface area contributed by atoms with Crippen molar-refractivity contribution in [2.24, 2.45) is 5.84 Å². The van der Waals surface area contributed by atoms with Gasteiger partial charge in [-0.15, -0.1) is 0 Å². The van der Waals surface area contributed by atoms with Crippen LogP contribution in [0.5, 0.6) is 0 Å². The van der Waals surface area contributed by atoms with Gasteiger partial charge in [-0.1, -0.05) is 18.5 Å². The second-order valence-electron chi connectivity index (χ2n) is 4.22. The average Bonchev–Trinajstić information content (AvgIpc) is 2.36. The summed E-state index contributed by atoms with van der Waals surface area (Å²) in [6, 6.07) is 4.30. The van der Waals surface area contributed by atoms with Crippen molar-refractivity contribution in [1.82, 2.24) is 5.43 Å². The Balaban J connectivity index is 2.29. The molecule has 3 atom stereocenters. The van der Waals surface area contributed by atoms with Crippen molar-refractivity contribution in [2.45, 2.75) is 23.5 Å². The number of hydrogen-bond acceptors (Lipinski definition) is 4. The topological polar surface area (TPSA) is 38.0 Å². The summed E-state index contributed by atoms with van der Waals surface area (Å²) in [4.78, 5) is 0. The maximum atomic E-state index is 13.4. The summed E-state index contributed by atoms with van der Waals surface area (Å²) in [6.07, 6.45) is 0. The molecule has 2 rings (SSSR count). The van der Waals surface area contributed by atoms with Crippen molar-refractivity contribution >= 4 is 35.1 Å². The SMILES string of the molecule is CC1SCCSC1C(NN)c1cc(F)ccc1Cl. The summed E-state index contributed by atoms with van der Waals surface area (Å²) in [5.41, 5.74) is 3.54. The van der Waals surface area contributed by atoms with E-state index in [1.807, 2.05) is 23.5 Å². The smallest absolute Gasteiger partial charge is 0.123 e. The maximum absolute atomic E-state index is 13.4. The molecular formula is C12H16ClFN2S2. The second kappa shape index (κ2) is 6.48. The molecule has 1 aliphatic heterocycles. The molecule has 100 valence electrons. The van der Waals surface area contributed by atoms with Crippen LogP contribution >= 0.6 is 35.1 Å². The van der Waals surface area contributed by atoms with Gasteiger partial charge in [-0.25, -0.2) is 4.39 Å². The van der Waals surface area contributed by atoms with Gasteiger partial charge in [0.25, 0.3) is 0 Å². The van der Waals surface area contributed by atoms with Gasteiger partial charge in [0.15, 0.2) is 0 Å². The van der Waals surface area contributed by atoms with E-state index >= 15 is 0 Å². The predicted molar refractivity (Wildman–Crippen MR) is 79.6 cm³/mol. The van der Waals surface area contributed by atoms with Gasteiger partial charge < -0.3 is 0 Å². The van der Waals surface area contributed by atoms with E-state index in [9.17, 15) is 4.39 Å². The normalized spacial score (nSPS) is 26.0. The van der Waals surface area contributed by atoms with E-state index in [-0.39, 0.29) is 11.9 Å². The number of nitrogens with one attached hydrogen (secondary N) is 1. The number of halogens is 2. The molecule has 0 amide bonds. The summed E-state index contributed by atoms with van der Waals surface area (Å²) >= 11 is 9.95. The molecule has 0 bridgehead atoms. The highest BCUT2D eigenvalue weighted by molar-refractivity contribution is 8.07. The van der Waals surface area contributed by atoms with Gasteiger partial charge in [-0.3, -0.25) is 11.3 Å². The van der Waals surface area contributed by atoms with E-state index < -0.39 is 0 Å². The van der Waals surface area contributed by atoms with Crippen LogP contribution in [0.3, 0.4) is 0 Å². The lowest BCUT2D eigenvalue weighted by Crippen LogP contribution is -2.41. The molecule has 18 heavy (non-hydrogen) atoms. The molecule has 0 aromatic heterocycles. The Kier molecular flexibility index (Phi) is 5.21. The predicted octanol–water partition coefficient (Wildman–Crippen LogP) is 3.22. The zero-order valence-electron chi connectivity index (χ0n) is 10.0. The average molecular weight is 307 g/mol. The Hall–Kier alpha value is 0.0600. The molecule has 1 aromatic carbocycles. The molecule has 0 aliphatic carbocycles. The van der Waals surface area contributed by atoms with Crippen molar-refractivity contribution in [3.63, 3.8) is 0 Å². The van der Waals surface area contributed by atoms with Gasteiger partial charge in [-0.2, -0.15) is 23.5 Å². The van der Waals surface area contributed by atoms with E-state index in [0.29, 0.717) is 15.5 Å². The second-order valence-corrected chi connectivity index (χ2v) is 7.40. The van der Waals surface area contributed by atoms with Crippen LogP contribution < -0.4 is 11.3 Å². The Morgan fingerprint density at radius 2 is 2.17 bits per heavy atom. The monoisotopic (exact) mass is 306 g/mol. The van der Waals surface area contributed by atoms with Crippen molar-refractivity contribution in [3.8, 4) is 0 Å². The van der Waals surface area contributed by atoms with E-state index in [1.54, 1.807) is 6.07 Å². The lowest BCUT2D eigenvalue weighted by Gasteiger charge is -2.34. The lowest BCUT2D eigenvalue weighted by molar-refractivity contribution is 0.522. The highest BCUT2D eigenvalue weighted by atomic mass is 35.5. The minimum Gasteiger partial charge on any atom is -0.271 e. The zero-order valence-corrected chi connectivity index (χ0v) is 12.4. The summed E-state index contributed by atoms with van der Waals surface area (Å²) in [5, 5.41) is 1.32. The van der Waals surface area contributed by atoms with E-state index in [2.05, 4.69) is 12.3 Å². The molecule has 0 spiro atoms. The third-order valence-electron chi connectivity index (χ3n) is 3.04. The van der Waals surface area contributed by atoms with Gasteiger partial charge in [0, 0.05) is 27.0 Å². The van der Waals surface area contributed by atoms with Crippen molar-refractivity contribution < 1.29 is 4.39 Å². The fourth-order valence-electron chi connectivity index (χ4n) is 2.13. The molecule has 1 aliphatic rings. The summed E-state index contributed by atoms with van der Waals surface area (Å²) in [6.45, 7) is 2.18. The van der Waals surface area contributed by atoms with E-state index in [0.717, 1.165) is 17.1 Å². The Labute approximate surface area is 120 Å². The third-order valence-corrected chi connectivity index (χ3v) is 6.58. The van der Waals surface area contributed by atoms with E-state index in [4.69, 9.17) is 17.4 Å². The standard InChI is InChI=1S/C12H16ClFN2S2/c1-7-12(18-5-4-17-7)11(16-15)9-6-8(14)2-3-10(9)13/h2-3,6-7,11-12,16H,4-5,15H2,1H3. The van der Waals surface area contributed by atoms with Crippen LogP contribution in [-0.2, 0) is 0 Å². The van der Waals surface area contributed by atoms with Crippen LogP contribution in [0.1, 0.15) is 18.5 Å². The third kappa shape index (κ3) is 3.14. The van der Waals surface area contributed by atoms with Crippen molar-refractivity contribution in [2.75, 3.05) is 11.5 Å². The summed E-state index contributed by atoms with van der Waals surface area (Å²) in [5.74, 6) is 7.62. The van der Waals surface area contributed by atoms with Gasteiger partial charge in [-0.05, 0) is 23.8 Å². The van der Waals surface area contributed by atoms with E-state index in [1.165, 1.54) is 12.1 Å². The molecule has 1 heterocycles. The lowest BCUT2D eigenvalue weighted by atomic mass is 10.0. The van der Waals surface area contributed by atoms with Gasteiger partial charge >= 0.3 is 0 Å². The Morgan fingerprint density at radius 3 is 2.83 bits per heavy atom. The van der Waals surface area contributed by atoms with Crippen LogP contribution in [0.4, 0.5) is 4.39 Å². The molecule has 1 aromatic rings. The summed E-state index contributed by atoms with van der Waals surface area (Å²) < 4.78 is 13.4. The molecule has 3 unspecified atom stereocenters. The number of hydrazine groups is 1. The van der Waals surface area contributed by atoms with Crippen LogP contribution in [0.25, 0.3) is 0 Å². The van der Waals surface area contributed by atoms with Crippen LogP contribution in [0.15, 0.2) is 18.2 Å². The molecular weight excluding hydrogens is 291 g/mol. The summed E-state index contributed by atoms with van der Waals surface area (Å²) in [7, 11) is 0. The van der Waals surface area contributed by atoms with Gasteiger partial charge in [0.1, 0.15) is 5.82 Å². The van der Waals surface area contributed by atoms with Gasteiger partial charge in [0.05, 0.1) is 6.04 Å². The largest absolute Gasteiger partial charge is 0.271 e. The maximum Gasteiger partial charge on any atom is 0.123 e. The molecule has 1 fully saturated rings. The number of benzene rings is 1. The zero-order chi connectivity index (χ0) is 13.1. The van der Waals surface area contributed by atoms with Crippen LogP contribution in [0, 0.1) is 5.82 Å². The number of hydrogen-bond donors (Lipinski definition) is 2. The molecule has 0 radical (unpaired) electrons. The van der Waals surface area contributed by atoms with Crippen LogP contribution in [0.2, 0.25) is 5.02 Å². The van der Waals surface area contributed by atoms with Crippen molar-refractivity contribution in [3.05, 3.63) is 34.6 Å². The Morgan fingerprint density at radius 1 is 1.44 bits per heavy atom. The van der Waals surface area contributed by atoms with Crippen molar-refractivity contribution in [1.29, 1.82) is 0 Å². The minimum atomic E-state index is -0.282. The first-order valence-electron chi connectivity index (χ1n) is 5.77. The quantitative estimate of drug-likeness (QED) is 0.664. The molecule has 6 heteroatoms. The van der Waals surface area contributed by atoms with Crippen LogP contribution in [-0.4, -0.2) is 22.0 Å². The first-order valence-corrected chi connectivity index (χ1v) is 8.25. The fourth-order valence-corrected chi connectivity index (χ4v) is 5.29. The highest BCUT2D eigenvalue weighted by Gasteiger charge is 2.32. The minimum absolute atomic E-state index is 0.124. The molecule has 2 nitrogen and oxygen atoms in total. The fraction of sp³-hybridized carbons (Fsp3) is 0.500. The number of rotatable bonds is 3.